The van der Waals surface area contributed by atoms with E-state index in [-0.39, 0.29) is 12.5 Å². The summed E-state index contributed by atoms with van der Waals surface area (Å²) in [6.45, 7) is 4.84. The van der Waals surface area contributed by atoms with Crippen molar-refractivity contribution in [1.82, 2.24) is 10.2 Å². The molecule has 3 rings (SSSR count). The van der Waals surface area contributed by atoms with Crippen molar-refractivity contribution >= 4 is 5.91 Å². The average molecular weight is 370 g/mol. The third-order valence-corrected chi connectivity index (χ3v) is 4.42. The van der Waals surface area contributed by atoms with E-state index in [9.17, 15) is 4.79 Å². The van der Waals surface area contributed by atoms with E-state index in [4.69, 9.17) is 14.2 Å². The second-order valence-electron chi connectivity index (χ2n) is 6.42. The van der Waals surface area contributed by atoms with Gasteiger partial charge in [0.05, 0.1) is 20.3 Å². The monoisotopic (exact) mass is 370 g/mol. The van der Waals surface area contributed by atoms with Crippen LogP contribution in [0.1, 0.15) is 11.1 Å². The van der Waals surface area contributed by atoms with E-state index < -0.39 is 0 Å². The lowest BCUT2D eigenvalue weighted by atomic mass is 10.1. The van der Waals surface area contributed by atoms with Gasteiger partial charge in [-0.1, -0.05) is 36.4 Å². The third kappa shape index (κ3) is 5.98. The Bertz CT molecular complexity index is 744. The molecule has 1 heterocycles. The summed E-state index contributed by atoms with van der Waals surface area (Å²) in [5.41, 5.74) is 2.32. The number of hydrogen-bond acceptors (Lipinski definition) is 5. The number of methoxy groups -OCH3 is 1. The van der Waals surface area contributed by atoms with Gasteiger partial charge in [0.15, 0.2) is 18.1 Å². The van der Waals surface area contributed by atoms with Crippen molar-refractivity contribution in [3.8, 4) is 11.5 Å². The van der Waals surface area contributed by atoms with E-state index >= 15 is 0 Å². The average Bonchev–Trinajstić information content (AvgIpc) is 2.72. The summed E-state index contributed by atoms with van der Waals surface area (Å²) in [5, 5.41) is 2.90. The zero-order valence-electron chi connectivity index (χ0n) is 15.6. The largest absolute Gasteiger partial charge is 0.493 e. The molecular weight excluding hydrogens is 344 g/mol. The molecule has 6 heteroatoms. The lowest BCUT2D eigenvalue weighted by molar-refractivity contribution is -0.123. The molecule has 1 aliphatic heterocycles. The second-order valence-corrected chi connectivity index (χ2v) is 6.42. The van der Waals surface area contributed by atoms with E-state index in [1.54, 1.807) is 19.2 Å². The Morgan fingerprint density at radius 2 is 1.81 bits per heavy atom. The molecule has 144 valence electrons. The second kappa shape index (κ2) is 9.94. The number of carbonyl (C=O) groups is 1. The summed E-state index contributed by atoms with van der Waals surface area (Å²) in [4.78, 5) is 14.5. The highest BCUT2D eigenvalue weighted by Crippen LogP contribution is 2.25. The molecule has 2 aromatic rings. The summed E-state index contributed by atoms with van der Waals surface area (Å²) in [7, 11) is 1.58. The zero-order chi connectivity index (χ0) is 18.9. The Balaban J connectivity index is 1.46. The minimum Gasteiger partial charge on any atom is -0.493 e. The van der Waals surface area contributed by atoms with Gasteiger partial charge < -0.3 is 19.5 Å². The van der Waals surface area contributed by atoms with Gasteiger partial charge in [-0.3, -0.25) is 9.69 Å². The maximum absolute atomic E-state index is 12.1. The number of morpholine rings is 1. The van der Waals surface area contributed by atoms with Crippen LogP contribution in [0.5, 0.6) is 11.5 Å². The van der Waals surface area contributed by atoms with Crippen LogP contribution in [0.15, 0.2) is 48.5 Å². The molecule has 1 aliphatic rings. The number of ether oxygens (including phenoxy) is 3. The molecule has 0 aromatic heterocycles. The first kappa shape index (κ1) is 19.2. The molecule has 2 aromatic carbocycles. The predicted octanol–water partition coefficient (Wildman–Crippen LogP) is 2.22. The molecule has 1 saturated heterocycles. The molecule has 0 aliphatic carbocycles. The van der Waals surface area contributed by atoms with Crippen molar-refractivity contribution in [2.45, 2.75) is 13.1 Å². The van der Waals surface area contributed by atoms with Crippen molar-refractivity contribution in [3.05, 3.63) is 59.7 Å². The van der Waals surface area contributed by atoms with E-state index in [1.165, 1.54) is 5.56 Å². The molecule has 6 nitrogen and oxygen atoms in total. The molecule has 0 saturated carbocycles. The van der Waals surface area contributed by atoms with E-state index in [0.717, 1.165) is 38.4 Å². The molecule has 27 heavy (non-hydrogen) atoms. The summed E-state index contributed by atoms with van der Waals surface area (Å²) in [6.07, 6.45) is 0. The zero-order valence-corrected chi connectivity index (χ0v) is 15.6. The minimum absolute atomic E-state index is 0.0478. The lowest BCUT2D eigenvalue weighted by Gasteiger charge is -2.26. The molecule has 0 spiro atoms. The van der Waals surface area contributed by atoms with Crippen LogP contribution in [0.25, 0.3) is 0 Å². The molecule has 1 N–H and O–H groups in total. The minimum atomic E-state index is -0.167. The van der Waals surface area contributed by atoms with Gasteiger partial charge in [0.1, 0.15) is 0 Å². The van der Waals surface area contributed by atoms with Crippen molar-refractivity contribution in [3.63, 3.8) is 0 Å². The van der Waals surface area contributed by atoms with Gasteiger partial charge in [0.25, 0.3) is 5.91 Å². The highest BCUT2D eigenvalue weighted by Gasteiger charge is 2.11. The van der Waals surface area contributed by atoms with E-state index in [0.29, 0.717) is 18.0 Å². The first-order valence-corrected chi connectivity index (χ1v) is 9.15. The maximum atomic E-state index is 12.1. The standard InChI is InChI=1S/C21H26N2O4/c1-25-19-7-2-3-8-20(19)27-16-21(24)22-14-17-5-4-6-18(13-17)15-23-9-11-26-12-10-23/h2-8,13H,9-12,14-16H2,1H3,(H,22,24). The maximum Gasteiger partial charge on any atom is 0.258 e. The molecule has 0 unspecified atom stereocenters. The van der Waals surface area contributed by atoms with Crippen molar-refractivity contribution < 1.29 is 19.0 Å². The normalized spacial score (nSPS) is 14.6. The van der Waals surface area contributed by atoms with Gasteiger partial charge >= 0.3 is 0 Å². The number of amides is 1. The molecular formula is C21H26N2O4. The lowest BCUT2D eigenvalue weighted by Crippen LogP contribution is -2.35. The van der Waals surface area contributed by atoms with Crippen molar-refractivity contribution in [1.29, 1.82) is 0 Å². The Labute approximate surface area is 160 Å². The van der Waals surface area contributed by atoms with Gasteiger partial charge in [-0.15, -0.1) is 0 Å². The van der Waals surface area contributed by atoms with Gasteiger partial charge in [0.2, 0.25) is 0 Å². The van der Waals surface area contributed by atoms with Crippen LogP contribution in [0.3, 0.4) is 0 Å². The predicted molar refractivity (Wildman–Crippen MR) is 103 cm³/mol. The highest BCUT2D eigenvalue weighted by molar-refractivity contribution is 5.77. The van der Waals surface area contributed by atoms with Crippen LogP contribution < -0.4 is 14.8 Å². The fourth-order valence-electron chi connectivity index (χ4n) is 2.99. The SMILES string of the molecule is COc1ccccc1OCC(=O)NCc1cccc(CN2CCOCC2)c1. The number of para-hydroxylation sites is 2. The fraction of sp³-hybridized carbons (Fsp3) is 0.381. The quantitative estimate of drug-likeness (QED) is 0.772. The number of nitrogens with zero attached hydrogens (tertiary/aromatic N) is 1. The Kier molecular flexibility index (Phi) is 7.07. The molecule has 0 bridgehead atoms. The number of benzene rings is 2. The van der Waals surface area contributed by atoms with Crippen molar-refractivity contribution in [2.24, 2.45) is 0 Å². The van der Waals surface area contributed by atoms with Crippen LogP contribution in [0.2, 0.25) is 0 Å². The number of rotatable bonds is 8. The van der Waals surface area contributed by atoms with Crippen LogP contribution in [-0.2, 0) is 22.6 Å². The summed E-state index contributed by atoms with van der Waals surface area (Å²) < 4.78 is 16.1. The molecule has 1 fully saturated rings. The highest BCUT2D eigenvalue weighted by atomic mass is 16.5. The summed E-state index contributed by atoms with van der Waals surface area (Å²) in [5.74, 6) is 1.00. The summed E-state index contributed by atoms with van der Waals surface area (Å²) >= 11 is 0. The number of hydrogen-bond donors (Lipinski definition) is 1. The van der Waals surface area contributed by atoms with Crippen LogP contribution in [0, 0.1) is 0 Å². The number of carbonyl (C=O) groups excluding carboxylic acids is 1. The first-order chi connectivity index (χ1) is 13.2. The fourth-order valence-corrected chi connectivity index (χ4v) is 2.99. The Morgan fingerprint density at radius 1 is 1.07 bits per heavy atom. The summed E-state index contributed by atoms with van der Waals surface area (Å²) in [6, 6.07) is 15.6. The first-order valence-electron chi connectivity index (χ1n) is 9.15. The molecule has 0 radical (unpaired) electrons. The molecule has 0 atom stereocenters. The smallest absolute Gasteiger partial charge is 0.258 e. The topological polar surface area (TPSA) is 60.0 Å². The third-order valence-electron chi connectivity index (χ3n) is 4.42. The van der Waals surface area contributed by atoms with E-state index in [2.05, 4.69) is 22.3 Å². The molecule has 1 amide bonds. The van der Waals surface area contributed by atoms with Gasteiger partial charge in [0, 0.05) is 26.2 Å². The van der Waals surface area contributed by atoms with Gasteiger partial charge in [-0.2, -0.15) is 0 Å². The Morgan fingerprint density at radius 3 is 2.59 bits per heavy atom. The number of nitrogens with one attached hydrogen (secondary N) is 1. The van der Waals surface area contributed by atoms with Crippen LogP contribution >= 0.6 is 0 Å². The van der Waals surface area contributed by atoms with Crippen LogP contribution in [-0.4, -0.2) is 50.8 Å². The van der Waals surface area contributed by atoms with Gasteiger partial charge in [-0.05, 0) is 23.3 Å². The van der Waals surface area contributed by atoms with Gasteiger partial charge in [-0.25, -0.2) is 0 Å². The van der Waals surface area contributed by atoms with E-state index in [1.807, 2.05) is 24.3 Å². The van der Waals surface area contributed by atoms with Crippen molar-refractivity contribution in [2.75, 3.05) is 40.0 Å². The Hall–Kier alpha value is -2.57. The van der Waals surface area contributed by atoms with Crippen LogP contribution in [0.4, 0.5) is 0 Å².